The largest absolute Gasteiger partial charge is 0.481 e. The normalized spacial score (nSPS) is 11.2. The van der Waals surface area contributed by atoms with Crippen LogP contribution in [0.4, 0.5) is 5.69 Å². The van der Waals surface area contributed by atoms with Crippen molar-refractivity contribution < 1.29 is 9.84 Å². The molecular formula is C12H20N2O2. The predicted molar refractivity (Wildman–Crippen MR) is 64.8 cm³/mol. The summed E-state index contributed by atoms with van der Waals surface area (Å²) in [5.74, 6) is 0.573. The fourth-order valence-electron chi connectivity index (χ4n) is 1.59. The Morgan fingerprint density at radius 1 is 1.44 bits per heavy atom. The van der Waals surface area contributed by atoms with E-state index in [1.807, 2.05) is 12.1 Å². The number of ether oxygens (including phenoxy) is 1. The lowest BCUT2D eigenvalue weighted by Gasteiger charge is -2.31. The van der Waals surface area contributed by atoms with Crippen LogP contribution in [0, 0.1) is 0 Å². The molecule has 0 saturated carbocycles. The van der Waals surface area contributed by atoms with Crippen molar-refractivity contribution in [1.29, 1.82) is 0 Å². The molecule has 0 unspecified atom stereocenters. The van der Waals surface area contributed by atoms with Crippen molar-refractivity contribution in [1.82, 2.24) is 4.98 Å². The summed E-state index contributed by atoms with van der Waals surface area (Å²) < 4.78 is 5.06. The van der Waals surface area contributed by atoms with Crippen LogP contribution in [-0.2, 0) is 0 Å². The summed E-state index contributed by atoms with van der Waals surface area (Å²) in [6, 6.07) is 3.70. The highest BCUT2D eigenvalue weighted by atomic mass is 16.5. The second-order valence-electron chi connectivity index (χ2n) is 3.86. The Bertz CT molecular complexity index is 316. The van der Waals surface area contributed by atoms with Crippen LogP contribution in [0.5, 0.6) is 5.88 Å². The minimum Gasteiger partial charge on any atom is -0.481 e. The molecule has 0 amide bonds. The highest BCUT2D eigenvalue weighted by Crippen LogP contribution is 2.23. The quantitative estimate of drug-likeness (QED) is 0.776. The molecule has 1 rings (SSSR count). The van der Waals surface area contributed by atoms with Gasteiger partial charge in [-0.1, -0.05) is 13.8 Å². The Kier molecular flexibility index (Phi) is 4.55. The average molecular weight is 224 g/mol. The van der Waals surface area contributed by atoms with E-state index in [4.69, 9.17) is 4.74 Å². The zero-order valence-corrected chi connectivity index (χ0v) is 10.2. The molecule has 90 valence electrons. The van der Waals surface area contributed by atoms with E-state index in [-0.39, 0.29) is 12.1 Å². The summed E-state index contributed by atoms with van der Waals surface area (Å²) in [7, 11) is 1.59. The maximum atomic E-state index is 9.45. The SMILES string of the molecule is CCC(CC)(CO)Nc1ccnc(OC)c1. The van der Waals surface area contributed by atoms with E-state index < -0.39 is 0 Å². The standard InChI is InChI=1S/C12H20N2O2/c1-4-12(5-2,9-15)14-10-6-7-13-11(8-10)16-3/h6-8,15H,4-5,9H2,1-3H3,(H,13,14). The van der Waals surface area contributed by atoms with E-state index in [9.17, 15) is 5.11 Å². The van der Waals surface area contributed by atoms with Gasteiger partial charge in [0, 0.05) is 18.0 Å². The second-order valence-corrected chi connectivity index (χ2v) is 3.86. The van der Waals surface area contributed by atoms with Crippen molar-refractivity contribution in [3.8, 4) is 5.88 Å². The van der Waals surface area contributed by atoms with Crippen molar-refractivity contribution in [2.24, 2.45) is 0 Å². The Balaban J connectivity index is 2.84. The van der Waals surface area contributed by atoms with Crippen LogP contribution in [-0.4, -0.2) is 29.3 Å². The summed E-state index contributed by atoms with van der Waals surface area (Å²) >= 11 is 0. The number of hydrogen-bond donors (Lipinski definition) is 2. The number of nitrogens with zero attached hydrogens (tertiary/aromatic N) is 1. The van der Waals surface area contributed by atoms with Gasteiger partial charge in [-0.3, -0.25) is 0 Å². The van der Waals surface area contributed by atoms with E-state index in [1.54, 1.807) is 13.3 Å². The number of hydrogen-bond acceptors (Lipinski definition) is 4. The van der Waals surface area contributed by atoms with Crippen LogP contribution >= 0.6 is 0 Å². The molecule has 0 aliphatic carbocycles. The first-order chi connectivity index (χ1) is 7.69. The van der Waals surface area contributed by atoms with Gasteiger partial charge < -0.3 is 15.2 Å². The number of aliphatic hydroxyl groups is 1. The maximum Gasteiger partial charge on any atom is 0.214 e. The molecule has 2 N–H and O–H groups in total. The third-order valence-electron chi connectivity index (χ3n) is 3.01. The number of methoxy groups -OCH3 is 1. The molecule has 0 radical (unpaired) electrons. The molecule has 16 heavy (non-hydrogen) atoms. The number of pyridine rings is 1. The number of aromatic nitrogens is 1. The molecule has 4 nitrogen and oxygen atoms in total. The van der Waals surface area contributed by atoms with Crippen LogP contribution in [0.1, 0.15) is 26.7 Å². The van der Waals surface area contributed by atoms with Crippen LogP contribution in [0.3, 0.4) is 0 Å². The first-order valence-electron chi connectivity index (χ1n) is 5.58. The lowest BCUT2D eigenvalue weighted by molar-refractivity contribution is 0.202. The van der Waals surface area contributed by atoms with Gasteiger partial charge in [0.15, 0.2) is 0 Å². The smallest absolute Gasteiger partial charge is 0.214 e. The first-order valence-corrected chi connectivity index (χ1v) is 5.58. The van der Waals surface area contributed by atoms with Crippen LogP contribution in [0.15, 0.2) is 18.3 Å². The number of aliphatic hydroxyl groups excluding tert-OH is 1. The molecule has 0 aliphatic heterocycles. The molecular weight excluding hydrogens is 204 g/mol. The van der Waals surface area contributed by atoms with Crippen LogP contribution in [0.2, 0.25) is 0 Å². The van der Waals surface area contributed by atoms with Gasteiger partial charge in [0.1, 0.15) is 0 Å². The maximum absolute atomic E-state index is 9.45. The Morgan fingerprint density at radius 3 is 2.62 bits per heavy atom. The summed E-state index contributed by atoms with van der Waals surface area (Å²) in [5, 5.41) is 12.8. The van der Waals surface area contributed by atoms with Crippen molar-refractivity contribution >= 4 is 5.69 Å². The van der Waals surface area contributed by atoms with Crippen LogP contribution < -0.4 is 10.1 Å². The van der Waals surface area contributed by atoms with Gasteiger partial charge >= 0.3 is 0 Å². The van der Waals surface area contributed by atoms with Crippen molar-refractivity contribution in [3.05, 3.63) is 18.3 Å². The molecule has 4 heteroatoms. The second kappa shape index (κ2) is 5.70. The third kappa shape index (κ3) is 2.85. The van der Waals surface area contributed by atoms with E-state index >= 15 is 0 Å². The first kappa shape index (κ1) is 12.8. The molecule has 0 atom stereocenters. The van der Waals surface area contributed by atoms with Gasteiger partial charge in [0.2, 0.25) is 5.88 Å². The third-order valence-corrected chi connectivity index (χ3v) is 3.01. The van der Waals surface area contributed by atoms with E-state index in [2.05, 4.69) is 24.1 Å². The van der Waals surface area contributed by atoms with Crippen LogP contribution in [0.25, 0.3) is 0 Å². The number of rotatable bonds is 6. The summed E-state index contributed by atoms with van der Waals surface area (Å²) in [4.78, 5) is 4.04. The number of nitrogens with one attached hydrogen (secondary N) is 1. The number of anilines is 1. The summed E-state index contributed by atoms with van der Waals surface area (Å²) in [5.41, 5.74) is 0.663. The molecule has 0 saturated heterocycles. The minimum absolute atomic E-state index is 0.116. The summed E-state index contributed by atoms with van der Waals surface area (Å²) in [6.45, 7) is 4.24. The van der Waals surface area contributed by atoms with Gasteiger partial charge in [0.25, 0.3) is 0 Å². The Labute approximate surface area is 96.7 Å². The zero-order chi connectivity index (χ0) is 12.0. The lowest BCUT2D eigenvalue weighted by Crippen LogP contribution is -2.40. The van der Waals surface area contributed by atoms with Crippen molar-refractivity contribution in [2.75, 3.05) is 19.0 Å². The Hall–Kier alpha value is -1.29. The lowest BCUT2D eigenvalue weighted by atomic mass is 9.93. The van der Waals surface area contributed by atoms with Gasteiger partial charge in [-0.2, -0.15) is 0 Å². The molecule has 0 aromatic carbocycles. The molecule has 0 bridgehead atoms. The minimum atomic E-state index is -0.258. The van der Waals surface area contributed by atoms with E-state index in [1.165, 1.54) is 0 Å². The molecule has 0 fully saturated rings. The summed E-state index contributed by atoms with van der Waals surface area (Å²) in [6.07, 6.45) is 3.42. The average Bonchev–Trinajstić information content (AvgIpc) is 2.36. The fraction of sp³-hybridized carbons (Fsp3) is 0.583. The molecule has 1 aromatic rings. The zero-order valence-electron chi connectivity index (χ0n) is 10.2. The van der Waals surface area contributed by atoms with Gasteiger partial charge in [0.05, 0.1) is 19.3 Å². The van der Waals surface area contributed by atoms with Gasteiger partial charge in [-0.25, -0.2) is 4.98 Å². The van der Waals surface area contributed by atoms with Gasteiger partial charge in [-0.05, 0) is 18.9 Å². The van der Waals surface area contributed by atoms with Crippen molar-refractivity contribution in [3.63, 3.8) is 0 Å². The van der Waals surface area contributed by atoms with Crippen molar-refractivity contribution in [2.45, 2.75) is 32.2 Å². The van der Waals surface area contributed by atoms with E-state index in [0.29, 0.717) is 5.88 Å². The van der Waals surface area contributed by atoms with E-state index in [0.717, 1.165) is 18.5 Å². The fourth-order valence-corrected chi connectivity index (χ4v) is 1.59. The highest BCUT2D eigenvalue weighted by Gasteiger charge is 2.24. The molecule has 1 heterocycles. The molecule has 0 aliphatic rings. The predicted octanol–water partition coefficient (Wildman–Crippen LogP) is 2.05. The Morgan fingerprint density at radius 2 is 2.12 bits per heavy atom. The molecule has 0 spiro atoms. The van der Waals surface area contributed by atoms with Gasteiger partial charge in [-0.15, -0.1) is 0 Å². The highest BCUT2D eigenvalue weighted by molar-refractivity contribution is 5.47. The molecule has 1 aromatic heterocycles. The monoisotopic (exact) mass is 224 g/mol. The topological polar surface area (TPSA) is 54.4 Å².